The molecule has 1 fully saturated rings. The van der Waals surface area contributed by atoms with Crippen LogP contribution in [0.5, 0.6) is 5.75 Å². The monoisotopic (exact) mass is 320 g/mol. The molecule has 2 rings (SSSR count). The van der Waals surface area contributed by atoms with Gasteiger partial charge in [0, 0.05) is 5.75 Å². The average molecular weight is 320 g/mol. The highest BCUT2D eigenvalue weighted by Gasteiger charge is 2.52. The van der Waals surface area contributed by atoms with Crippen molar-refractivity contribution < 1.29 is 14.0 Å². The van der Waals surface area contributed by atoms with Gasteiger partial charge in [-0.3, -0.25) is 0 Å². The Morgan fingerprint density at radius 2 is 1.82 bits per heavy atom. The zero-order valence-corrected chi connectivity index (χ0v) is 15.2. The summed E-state index contributed by atoms with van der Waals surface area (Å²) in [6.45, 7) is 10.3. The van der Waals surface area contributed by atoms with E-state index in [1.54, 1.807) is 7.11 Å². The summed E-state index contributed by atoms with van der Waals surface area (Å²) in [5.41, 5.74) is 2.62. The smallest absolute Gasteiger partial charge is 0.491 e. The van der Waals surface area contributed by atoms with Crippen LogP contribution in [-0.4, -0.2) is 31.2 Å². The summed E-state index contributed by atoms with van der Waals surface area (Å²) in [6, 6.07) is 6.02. The molecular formula is C17H25BO3S. The van der Waals surface area contributed by atoms with Crippen LogP contribution in [0, 0.1) is 6.92 Å². The lowest BCUT2D eigenvalue weighted by Crippen LogP contribution is -2.41. The zero-order valence-electron chi connectivity index (χ0n) is 14.3. The van der Waals surface area contributed by atoms with E-state index < -0.39 is 0 Å². The maximum atomic E-state index is 6.11. The van der Waals surface area contributed by atoms with E-state index >= 15 is 0 Å². The van der Waals surface area contributed by atoms with Gasteiger partial charge >= 0.3 is 7.12 Å². The topological polar surface area (TPSA) is 27.7 Å². The zero-order chi connectivity index (χ0) is 16.5. The quantitative estimate of drug-likeness (QED) is 0.672. The van der Waals surface area contributed by atoms with Crippen molar-refractivity contribution in [1.29, 1.82) is 0 Å². The Kier molecular flexibility index (Phi) is 5.00. The minimum absolute atomic E-state index is 0.339. The van der Waals surface area contributed by atoms with Crippen LogP contribution in [0.4, 0.5) is 0 Å². The maximum absolute atomic E-state index is 6.11. The summed E-state index contributed by atoms with van der Waals surface area (Å²) in [4.78, 5) is 0. The Labute approximate surface area is 139 Å². The van der Waals surface area contributed by atoms with Gasteiger partial charge in [-0.25, -0.2) is 0 Å². The Morgan fingerprint density at radius 1 is 1.23 bits per heavy atom. The number of ether oxygens (including phenoxy) is 1. The molecule has 0 unspecified atom stereocenters. The highest BCUT2D eigenvalue weighted by atomic mass is 32.1. The minimum atomic E-state index is -0.357. The van der Waals surface area contributed by atoms with E-state index in [9.17, 15) is 0 Å². The normalized spacial score (nSPS) is 20.3. The first-order chi connectivity index (χ1) is 10.2. The predicted molar refractivity (Wildman–Crippen MR) is 95.6 cm³/mol. The Balaban J connectivity index is 2.29. The van der Waals surface area contributed by atoms with Gasteiger partial charge in [0.25, 0.3) is 0 Å². The average Bonchev–Trinajstić information content (AvgIpc) is 2.65. The van der Waals surface area contributed by atoms with Crippen LogP contribution in [0.15, 0.2) is 23.7 Å². The minimum Gasteiger partial charge on any atom is -0.497 e. The number of hydrogen-bond acceptors (Lipinski definition) is 4. The van der Waals surface area contributed by atoms with Gasteiger partial charge in [0.2, 0.25) is 0 Å². The van der Waals surface area contributed by atoms with Crippen LogP contribution in [0.25, 0.3) is 6.08 Å². The Hall–Kier alpha value is -0.905. The van der Waals surface area contributed by atoms with Crippen LogP contribution in [0.3, 0.4) is 0 Å². The molecule has 0 aliphatic carbocycles. The molecule has 3 nitrogen and oxygen atoms in total. The molecule has 22 heavy (non-hydrogen) atoms. The molecule has 1 heterocycles. The van der Waals surface area contributed by atoms with Crippen molar-refractivity contribution in [3.05, 3.63) is 34.8 Å². The molecule has 1 saturated heterocycles. The molecule has 0 bridgehead atoms. The van der Waals surface area contributed by atoms with Gasteiger partial charge in [-0.2, -0.15) is 12.6 Å². The maximum Gasteiger partial charge on any atom is 0.491 e. The van der Waals surface area contributed by atoms with E-state index in [0.29, 0.717) is 5.75 Å². The number of benzene rings is 1. The highest BCUT2D eigenvalue weighted by molar-refractivity contribution is 7.80. The van der Waals surface area contributed by atoms with Gasteiger partial charge in [0.1, 0.15) is 5.75 Å². The van der Waals surface area contributed by atoms with Crippen LogP contribution < -0.4 is 4.74 Å². The first-order valence-corrected chi connectivity index (χ1v) is 8.15. The molecule has 0 aromatic heterocycles. The van der Waals surface area contributed by atoms with Crippen LogP contribution in [0.2, 0.25) is 0 Å². The van der Waals surface area contributed by atoms with Gasteiger partial charge in [-0.15, -0.1) is 0 Å². The molecule has 1 aliphatic rings. The fourth-order valence-electron chi connectivity index (χ4n) is 2.32. The van der Waals surface area contributed by atoms with Gasteiger partial charge < -0.3 is 14.0 Å². The third-order valence-electron chi connectivity index (χ3n) is 4.56. The SMILES string of the molecule is COc1ccc(C=C(CS)B2OC(C)(C)C(C)(C)O2)c(C)c1. The van der Waals surface area contributed by atoms with Crippen LogP contribution in [-0.2, 0) is 9.31 Å². The fraction of sp³-hybridized carbons (Fsp3) is 0.529. The van der Waals surface area contributed by atoms with Crippen molar-refractivity contribution in [2.24, 2.45) is 0 Å². The summed E-state index contributed by atoms with van der Waals surface area (Å²) in [5, 5.41) is 0. The first-order valence-electron chi connectivity index (χ1n) is 7.52. The van der Waals surface area contributed by atoms with Crippen LogP contribution >= 0.6 is 12.6 Å². The summed E-state index contributed by atoms with van der Waals surface area (Å²) in [7, 11) is 1.32. The summed E-state index contributed by atoms with van der Waals surface area (Å²) in [5.74, 6) is 1.44. The van der Waals surface area contributed by atoms with E-state index in [2.05, 4.69) is 53.3 Å². The second-order valence-corrected chi connectivity index (χ2v) is 7.00. The third kappa shape index (κ3) is 3.37. The fourth-order valence-corrected chi connectivity index (χ4v) is 2.56. The summed E-state index contributed by atoms with van der Waals surface area (Å²) < 4.78 is 17.5. The lowest BCUT2D eigenvalue weighted by atomic mass is 9.78. The molecule has 0 saturated carbocycles. The Morgan fingerprint density at radius 3 is 2.27 bits per heavy atom. The highest BCUT2D eigenvalue weighted by Crippen LogP contribution is 2.39. The molecular weight excluding hydrogens is 295 g/mol. The van der Waals surface area contributed by atoms with Crippen molar-refractivity contribution >= 4 is 25.8 Å². The molecule has 5 heteroatoms. The molecule has 1 aliphatic heterocycles. The molecule has 0 atom stereocenters. The van der Waals surface area contributed by atoms with Crippen molar-refractivity contribution in [2.75, 3.05) is 12.9 Å². The number of hydrogen-bond donors (Lipinski definition) is 1. The number of aryl methyl sites for hydroxylation is 1. The lowest BCUT2D eigenvalue weighted by molar-refractivity contribution is 0.00578. The van der Waals surface area contributed by atoms with E-state index in [0.717, 1.165) is 22.3 Å². The third-order valence-corrected chi connectivity index (χ3v) is 4.92. The predicted octanol–water partition coefficient (Wildman–Crippen LogP) is 3.95. The number of methoxy groups -OCH3 is 1. The van der Waals surface area contributed by atoms with Crippen molar-refractivity contribution in [2.45, 2.75) is 45.8 Å². The number of rotatable bonds is 4. The van der Waals surface area contributed by atoms with Gasteiger partial charge in [0.15, 0.2) is 0 Å². The van der Waals surface area contributed by atoms with E-state index in [-0.39, 0.29) is 18.3 Å². The van der Waals surface area contributed by atoms with Crippen molar-refractivity contribution in [3.63, 3.8) is 0 Å². The second-order valence-electron chi connectivity index (χ2n) is 6.69. The van der Waals surface area contributed by atoms with E-state index in [4.69, 9.17) is 14.0 Å². The van der Waals surface area contributed by atoms with Gasteiger partial charge in [0.05, 0.1) is 18.3 Å². The van der Waals surface area contributed by atoms with E-state index in [1.165, 1.54) is 0 Å². The summed E-state index contributed by atoms with van der Waals surface area (Å²) in [6.07, 6.45) is 2.10. The first kappa shape index (κ1) is 17.4. The standard InChI is InChI=1S/C17H25BO3S/c1-12-9-15(19-6)8-7-13(12)10-14(11-22)18-20-16(2,3)17(4,5)21-18/h7-10,22H,11H2,1-6H3. The molecule has 1 aromatic rings. The van der Waals surface area contributed by atoms with Gasteiger partial charge in [-0.1, -0.05) is 12.1 Å². The Bertz CT molecular complexity index is 565. The van der Waals surface area contributed by atoms with Crippen molar-refractivity contribution in [1.82, 2.24) is 0 Å². The molecule has 1 aromatic carbocycles. The molecule has 0 spiro atoms. The molecule has 0 radical (unpaired) electrons. The summed E-state index contributed by atoms with van der Waals surface area (Å²) >= 11 is 4.45. The van der Waals surface area contributed by atoms with Crippen molar-refractivity contribution in [3.8, 4) is 5.75 Å². The molecule has 120 valence electrons. The molecule has 0 amide bonds. The molecule has 0 N–H and O–H groups in total. The lowest BCUT2D eigenvalue weighted by Gasteiger charge is -2.32. The largest absolute Gasteiger partial charge is 0.497 e. The van der Waals surface area contributed by atoms with E-state index in [1.807, 2.05) is 18.2 Å². The van der Waals surface area contributed by atoms with Gasteiger partial charge in [-0.05, 0) is 63.4 Å². The number of thiol groups is 1. The van der Waals surface area contributed by atoms with Crippen LogP contribution in [0.1, 0.15) is 38.8 Å². The second kappa shape index (κ2) is 6.30.